The number of aromatic carboxylic acids is 1. The van der Waals surface area contributed by atoms with E-state index in [9.17, 15) is 9.59 Å². The molecule has 0 aliphatic carbocycles. The lowest BCUT2D eigenvalue weighted by Gasteiger charge is -2.24. The van der Waals surface area contributed by atoms with E-state index in [1.807, 2.05) is 12.1 Å². The van der Waals surface area contributed by atoms with Gasteiger partial charge in [0.1, 0.15) is 5.75 Å². The lowest BCUT2D eigenvalue weighted by Crippen LogP contribution is -2.36. The minimum atomic E-state index is -1.12. The van der Waals surface area contributed by atoms with Crippen LogP contribution in [0, 0.1) is 5.92 Å². The largest absolute Gasteiger partial charge is 0.477 e. The zero-order valence-corrected chi connectivity index (χ0v) is 21.2. The van der Waals surface area contributed by atoms with Crippen LogP contribution in [-0.2, 0) is 16.1 Å². The molecule has 11 heteroatoms. The Bertz CT molecular complexity index is 1260. The molecule has 38 heavy (non-hydrogen) atoms. The first-order valence-electron chi connectivity index (χ1n) is 12.0. The van der Waals surface area contributed by atoms with Crippen molar-refractivity contribution in [3.8, 4) is 11.6 Å². The number of hydrazine groups is 2. The molecule has 3 aromatic rings. The van der Waals surface area contributed by atoms with Gasteiger partial charge in [-0.15, -0.1) is 0 Å². The molecule has 0 unspecified atom stereocenters. The van der Waals surface area contributed by atoms with Crippen LogP contribution in [0.5, 0.6) is 11.6 Å². The highest BCUT2D eigenvalue weighted by Crippen LogP contribution is 2.24. The number of nitrogens with zero attached hydrogens (tertiary/aromatic N) is 1. The van der Waals surface area contributed by atoms with Crippen molar-refractivity contribution in [3.63, 3.8) is 0 Å². The maximum absolute atomic E-state index is 13.0. The molecular formula is C27H28ClN5O5. The smallest absolute Gasteiger partial charge is 0.354 e. The standard InChI is InChI=1S/C27H28ClN5O5/c28-20-6-4-18(5-7-20)16-29-26(34)23(19-12-14-37-15-13-19)17-30-33-32-21-8-10-22(11-9-21)38-25-3-1-2-24(31-25)27(35)36/h1-11,17,19,30,32-33H,12-16H2,(H,29,34)(H,35,36)/b23-17-. The van der Waals surface area contributed by atoms with Gasteiger partial charge in [-0.1, -0.05) is 29.8 Å². The van der Waals surface area contributed by atoms with Gasteiger partial charge in [0.05, 0.1) is 5.69 Å². The quantitative estimate of drug-likeness (QED) is 0.138. The summed E-state index contributed by atoms with van der Waals surface area (Å²) in [4.78, 5) is 28.0. The molecule has 0 atom stereocenters. The minimum Gasteiger partial charge on any atom is -0.477 e. The third-order valence-corrected chi connectivity index (χ3v) is 6.07. The van der Waals surface area contributed by atoms with Crippen LogP contribution in [-0.4, -0.2) is 35.2 Å². The normalized spacial score (nSPS) is 14.0. The zero-order valence-electron chi connectivity index (χ0n) is 20.4. The number of nitrogens with one attached hydrogen (secondary N) is 4. The van der Waals surface area contributed by atoms with Crippen molar-refractivity contribution in [2.24, 2.45) is 5.92 Å². The maximum Gasteiger partial charge on any atom is 0.354 e. The molecule has 2 heterocycles. The van der Waals surface area contributed by atoms with Crippen LogP contribution >= 0.6 is 11.6 Å². The number of carboxylic acids is 1. The Kier molecular flexibility index (Phi) is 9.52. The fraction of sp³-hybridized carbons (Fsp3) is 0.222. The summed E-state index contributed by atoms with van der Waals surface area (Å²) in [5.41, 5.74) is 11.0. The van der Waals surface area contributed by atoms with E-state index in [-0.39, 0.29) is 23.4 Å². The number of rotatable bonds is 11. The molecule has 1 fully saturated rings. The third kappa shape index (κ3) is 7.94. The Labute approximate surface area is 225 Å². The molecule has 1 aliphatic rings. The highest BCUT2D eigenvalue weighted by atomic mass is 35.5. The summed E-state index contributed by atoms with van der Waals surface area (Å²) in [5, 5.41) is 12.7. The minimum absolute atomic E-state index is 0.0768. The van der Waals surface area contributed by atoms with Crippen LogP contribution in [0.15, 0.2) is 78.5 Å². The van der Waals surface area contributed by atoms with Gasteiger partial charge in [0.15, 0.2) is 5.69 Å². The van der Waals surface area contributed by atoms with Gasteiger partial charge in [-0.2, -0.15) is 5.53 Å². The number of hydrogen-bond acceptors (Lipinski definition) is 8. The number of anilines is 1. The van der Waals surface area contributed by atoms with E-state index < -0.39 is 5.97 Å². The van der Waals surface area contributed by atoms with Crippen LogP contribution in [0.3, 0.4) is 0 Å². The van der Waals surface area contributed by atoms with Crippen LogP contribution in [0.4, 0.5) is 5.69 Å². The van der Waals surface area contributed by atoms with Gasteiger partial charge in [0.25, 0.3) is 0 Å². The number of halogens is 1. The van der Waals surface area contributed by atoms with E-state index in [0.29, 0.717) is 36.1 Å². The topological polar surface area (TPSA) is 134 Å². The van der Waals surface area contributed by atoms with E-state index >= 15 is 0 Å². The van der Waals surface area contributed by atoms with Crippen molar-refractivity contribution >= 4 is 29.2 Å². The first-order valence-corrected chi connectivity index (χ1v) is 12.4. The van der Waals surface area contributed by atoms with Crippen LogP contribution in [0.2, 0.25) is 5.02 Å². The number of carboxylic acid groups (broad SMARTS) is 1. The molecule has 1 amide bonds. The summed E-state index contributed by atoms with van der Waals surface area (Å²) in [6.07, 6.45) is 3.20. The van der Waals surface area contributed by atoms with Gasteiger partial charge >= 0.3 is 5.97 Å². The van der Waals surface area contributed by atoms with Crippen molar-refractivity contribution in [1.82, 2.24) is 21.3 Å². The van der Waals surface area contributed by atoms with Gasteiger partial charge in [-0.3, -0.25) is 4.79 Å². The third-order valence-electron chi connectivity index (χ3n) is 5.82. The second kappa shape index (κ2) is 13.4. The average molecular weight is 538 g/mol. The number of ether oxygens (including phenoxy) is 2. The summed E-state index contributed by atoms with van der Waals surface area (Å²) in [6.45, 7) is 1.62. The molecule has 1 saturated heterocycles. The molecule has 5 N–H and O–H groups in total. The molecule has 0 saturated carbocycles. The van der Waals surface area contributed by atoms with Gasteiger partial charge in [0.2, 0.25) is 11.8 Å². The molecular weight excluding hydrogens is 510 g/mol. The number of benzene rings is 2. The molecule has 198 valence electrons. The Morgan fingerprint density at radius 2 is 1.79 bits per heavy atom. The number of aromatic nitrogens is 1. The number of hydrogen-bond donors (Lipinski definition) is 5. The summed E-state index contributed by atoms with van der Waals surface area (Å²) in [5.74, 6) is -0.513. The van der Waals surface area contributed by atoms with Gasteiger partial charge < -0.3 is 30.7 Å². The van der Waals surface area contributed by atoms with E-state index in [1.165, 1.54) is 6.07 Å². The lowest BCUT2D eigenvalue weighted by molar-refractivity contribution is -0.118. The number of amides is 1. The van der Waals surface area contributed by atoms with Gasteiger partial charge in [-0.05, 0) is 66.8 Å². The molecule has 4 rings (SSSR count). The summed E-state index contributed by atoms with van der Waals surface area (Å²) >= 11 is 5.94. The van der Waals surface area contributed by atoms with E-state index in [1.54, 1.807) is 54.7 Å². The van der Waals surface area contributed by atoms with Crippen molar-refractivity contribution in [2.75, 3.05) is 18.6 Å². The van der Waals surface area contributed by atoms with Crippen molar-refractivity contribution in [1.29, 1.82) is 0 Å². The average Bonchev–Trinajstić information content (AvgIpc) is 2.94. The molecule has 1 aromatic heterocycles. The van der Waals surface area contributed by atoms with Crippen molar-refractivity contribution in [3.05, 3.63) is 94.8 Å². The molecule has 2 aromatic carbocycles. The van der Waals surface area contributed by atoms with Crippen LogP contribution < -0.4 is 26.4 Å². The summed E-state index contributed by atoms with van der Waals surface area (Å²) in [6, 6.07) is 18.9. The van der Waals surface area contributed by atoms with Crippen molar-refractivity contribution in [2.45, 2.75) is 19.4 Å². The second-order valence-corrected chi connectivity index (χ2v) is 8.92. The Balaban J connectivity index is 1.31. The van der Waals surface area contributed by atoms with Gasteiger partial charge in [-0.25, -0.2) is 9.78 Å². The first kappa shape index (κ1) is 26.9. The second-order valence-electron chi connectivity index (χ2n) is 8.48. The SMILES string of the molecule is O=C(NCc1ccc(Cl)cc1)/C(=C\NNNc1ccc(Oc2cccc(C(=O)O)n2)cc1)C1CCOCC1. The van der Waals surface area contributed by atoms with E-state index in [2.05, 4.69) is 26.7 Å². The highest BCUT2D eigenvalue weighted by Gasteiger charge is 2.23. The monoisotopic (exact) mass is 537 g/mol. The molecule has 1 aliphatic heterocycles. The maximum atomic E-state index is 13.0. The fourth-order valence-corrected chi connectivity index (χ4v) is 3.93. The van der Waals surface area contributed by atoms with Crippen LogP contribution in [0.1, 0.15) is 28.9 Å². The van der Waals surface area contributed by atoms with E-state index in [0.717, 1.165) is 24.1 Å². The van der Waals surface area contributed by atoms with Gasteiger partial charge in [0, 0.05) is 42.6 Å². The Hall–Kier alpha value is -4.12. The van der Waals surface area contributed by atoms with Crippen LogP contribution in [0.25, 0.3) is 0 Å². The predicted octanol–water partition coefficient (Wildman–Crippen LogP) is 4.27. The number of carbonyl (C=O) groups is 2. The lowest BCUT2D eigenvalue weighted by atomic mass is 9.91. The summed E-state index contributed by atoms with van der Waals surface area (Å²) in [7, 11) is 0. The molecule has 0 bridgehead atoms. The first-order chi connectivity index (χ1) is 18.5. The molecule has 0 radical (unpaired) electrons. The Morgan fingerprint density at radius 3 is 2.50 bits per heavy atom. The molecule has 0 spiro atoms. The van der Waals surface area contributed by atoms with E-state index in [4.69, 9.17) is 26.2 Å². The fourth-order valence-electron chi connectivity index (χ4n) is 3.80. The number of carbonyl (C=O) groups excluding carboxylic acids is 1. The summed E-state index contributed by atoms with van der Waals surface area (Å²) < 4.78 is 11.1. The zero-order chi connectivity index (χ0) is 26.7. The molecule has 10 nitrogen and oxygen atoms in total. The number of pyridine rings is 1. The van der Waals surface area contributed by atoms with Crippen molar-refractivity contribution < 1.29 is 24.2 Å². The Morgan fingerprint density at radius 1 is 1.05 bits per heavy atom. The predicted molar refractivity (Wildman–Crippen MR) is 143 cm³/mol. The highest BCUT2D eigenvalue weighted by molar-refractivity contribution is 6.30.